The number of piperazine rings is 1. The van der Waals surface area contributed by atoms with Crippen LogP contribution in [0, 0.1) is 0 Å². The van der Waals surface area contributed by atoms with E-state index in [9.17, 15) is 9.59 Å². The number of aromatic nitrogens is 3. The second kappa shape index (κ2) is 12.3. The van der Waals surface area contributed by atoms with Crippen molar-refractivity contribution in [1.82, 2.24) is 29.7 Å². The molecule has 3 aromatic rings. The highest BCUT2D eigenvalue weighted by molar-refractivity contribution is 6.04. The normalized spacial score (nSPS) is 20.5. The van der Waals surface area contributed by atoms with Crippen LogP contribution in [0.5, 0.6) is 0 Å². The Morgan fingerprint density at radius 2 is 1.88 bits per heavy atom. The molecule has 0 bridgehead atoms. The SMILES string of the molecule is CCCCNc1ncc2c3ccc(CN4CCN(C)CC4)cc3c(=O)n([C@H]3CCC(NC(=O)OC(C)(C)C)C3)c2n1. The molecule has 1 aromatic carbocycles. The largest absolute Gasteiger partial charge is 0.444 e. The molecule has 10 heteroatoms. The Bertz CT molecular complexity index is 1440. The predicted molar refractivity (Wildman–Crippen MR) is 164 cm³/mol. The summed E-state index contributed by atoms with van der Waals surface area (Å²) in [6, 6.07) is 6.09. The summed E-state index contributed by atoms with van der Waals surface area (Å²) in [5.74, 6) is 0.534. The Morgan fingerprint density at radius 3 is 2.61 bits per heavy atom. The minimum absolute atomic E-state index is 0.0335. The lowest BCUT2D eigenvalue weighted by molar-refractivity contribution is 0.0505. The zero-order chi connectivity index (χ0) is 29.1. The van der Waals surface area contributed by atoms with E-state index >= 15 is 0 Å². The molecule has 0 spiro atoms. The van der Waals surface area contributed by atoms with E-state index in [-0.39, 0.29) is 17.6 Å². The summed E-state index contributed by atoms with van der Waals surface area (Å²) in [6.45, 7) is 13.5. The number of carbonyl (C=O) groups excluding carboxylic acids is 1. The van der Waals surface area contributed by atoms with Gasteiger partial charge in [0.15, 0.2) is 0 Å². The van der Waals surface area contributed by atoms with Crippen LogP contribution in [0.2, 0.25) is 0 Å². The third-order valence-corrected chi connectivity index (χ3v) is 8.13. The number of pyridine rings is 1. The van der Waals surface area contributed by atoms with Crippen molar-refractivity contribution in [1.29, 1.82) is 0 Å². The van der Waals surface area contributed by atoms with E-state index in [1.54, 1.807) is 0 Å². The molecule has 2 atom stereocenters. The molecule has 1 aliphatic heterocycles. The van der Waals surface area contributed by atoms with Crippen LogP contribution in [-0.4, -0.2) is 81.8 Å². The molecule has 5 rings (SSSR count). The van der Waals surface area contributed by atoms with Crippen molar-refractivity contribution in [3.05, 3.63) is 40.3 Å². The number of unbranched alkanes of at least 4 members (excludes halogenated alkanes) is 1. The second-order valence-corrected chi connectivity index (χ2v) is 12.7. The van der Waals surface area contributed by atoms with Gasteiger partial charge in [-0.2, -0.15) is 4.98 Å². The molecular formula is C31H45N7O3. The zero-order valence-electron chi connectivity index (χ0n) is 25.2. The standard InChI is InChI=1S/C31H45N7O3/c1-6-7-12-32-29-33-19-26-24-11-8-21(20-37-15-13-36(5)14-16-37)17-25(24)28(39)38(27(26)35-29)23-10-9-22(18-23)34-30(40)41-31(2,3)4/h8,11,17,19,22-23H,6-7,9-10,12-16,18,20H2,1-5H3,(H,34,40)(H,32,33,35)/t22?,23-/m0/s1. The lowest BCUT2D eigenvalue weighted by atomic mass is 10.0. The molecule has 2 aromatic heterocycles. The van der Waals surface area contributed by atoms with Crippen molar-refractivity contribution >= 4 is 33.8 Å². The number of hydrogen-bond acceptors (Lipinski definition) is 8. The summed E-state index contributed by atoms with van der Waals surface area (Å²) in [7, 11) is 2.16. The molecule has 0 radical (unpaired) electrons. The number of anilines is 1. The number of ether oxygens (including phenoxy) is 1. The van der Waals surface area contributed by atoms with Gasteiger partial charge in [0.05, 0.1) is 0 Å². The molecule has 1 saturated heterocycles. The number of alkyl carbamates (subject to hydrolysis) is 1. The number of likely N-dealkylation sites (N-methyl/N-ethyl adjacent to an activating group) is 1. The van der Waals surface area contributed by atoms with Gasteiger partial charge in [0, 0.05) is 68.3 Å². The van der Waals surface area contributed by atoms with Crippen LogP contribution >= 0.6 is 0 Å². The van der Waals surface area contributed by atoms with Crippen LogP contribution in [0.15, 0.2) is 29.2 Å². The number of carbonyl (C=O) groups is 1. The summed E-state index contributed by atoms with van der Waals surface area (Å²) in [5.41, 5.74) is 1.19. The first-order valence-corrected chi connectivity index (χ1v) is 15.1. The predicted octanol–water partition coefficient (Wildman–Crippen LogP) is 4.52. The average molecular weight is 564 g/mol. The lowest BCUT2D eigenvalue weighted by Gasteiger charge is -2.32. The first kappa shape index (κ1) is 29.3. The molecule has 2 N–H and O–H groups in total. The van der Waals surface area contributed by atoms with Gasteiger partial charge in [0.25, 0.3) is 5.56 Å². The summed E-state index contributed by atoms with van der Waals surface area (Å²) < 4.78 is 7.34. The molecule has 2 aliphatic rings. The minimum atomic E-state index is -0.562. The molecule has 2 fully saturated rings. The average Bonchev–Trinajstić information content (AvgIpc) is 3.37. The number of rotatable bonds is 8. The molecule has 1 saturated carbocycles. The topological polar surface area (TPSA) is 105 Å². The highest BCUT2D eigenvalue weighted by Crippen LogP contribution is 2.33. The van der Waals surface area contributed by atoms with Crippen LogP contribution in [0.3, 0.4) is 0 Å². The van der Waals surface area contributed by atoms with Crippen molar-refractivity contribution in [2.24, 2.45) is 0 Å². The maximum absolute atomic E-state index is 14.3. The Kier molecular flexibility index (Phi) is 8.79. The van der Waals surface area contributed by atoms with Crippen LogP contribution in [0.25, 0.3) is 21.8 Å². The number of benzene rings is 1. The number of nitrogens with one attached hydrogen (secondary N) is 2. The van der Waals surface area contributed by atoms with Crippen LogP contribution in [0.1, 0.15) is 71.4 Å². The summed E-state index contributed by atoms with van der Waals surface area (Å²) in [4.78, 5) is 41.0. The Balaban J connectivity index is 1.50. The van der Waals surface area contributed by atoms with Gasteiger partial charge in [-0.05, 0) is 70.5 Å². The van der Waals surface area contributed by atoms with Crippen LogP contribution in [0.4, 0.5) is 10.7 Å². The van der Waals surface area contributed by atoms with Crippen molar-refractivity contribution in [2.75, 3.05) is 45.1 Å². The first-order chi connectivity index (χ1) is 19.6. The maximum Gasteiger partial charge on any atom is 0.407 e. The molecule has 222 valence electrons. The van der Waals surface area contributed by atoms with Gasteiger partial charge in [0.2, 0.25) is 5.95 Å². The quantitative estimate of drug-likeness (QED) is 0.305. The van der Waals surface area contributed by atoms with E-state index in [2.05, 4.69) is 57.6 Å². The number of nitrogens with zero attached hydrogens (tertiary/aromatic N) is 5. The minimum Gasteiger partial charge on any atom is -0.444 e. The molecule has 41 heavy (non-hydrogen) atoms. The highest BCUT2D eigenvalue weighted by Gasteiger charge is 2.31. The van der Waals surface area contributed by atoms with Crippen molar-refractivity contribution < 1.29 is 9.53 Å². The third-order valence-electron chi connectivity index (χ3n) is 8.13. The number of hydrogen-bond donors (Lipinski definition) is 2. The molecule has 10 nitrogen and oxygen atoms in total. The van der Waals surface area contributed by atoms with Crippen molar-refractivity contribution in [3.63, 3.8) is 0 Å². The van der Waals surface area contributed by atoms with Gasteiger partial charge in [0.1, 0.15) is 11.2 Å². The van der Waals surface area contributed by atoms with Crippen molar-refractivity contribution in [3.8, 4) is 0 Å². The Hall–Kier alpha value is -3.24. The van der Waals surface area contributed by atoms with Gasteiger partial charge >= 0.3 is 6.09 Å². The van der Waals surface area contributed by atoms with Gasteiger partial charge in [-0.3, -0.25) is 14.3 Å². The Morgan fingerprint density at radius 1 is 1.10 bits per heavy atom. The fourth-order valence-corrected chi connectivity index (χ4v) is 5.94. The van der Waals surface area contributed by atoms with E-state index in [1.807, 2.05) is 31.5 Å². The van der Waals surface area contributed by atoms with Gasteiger partial charge in [-0.1, -0.05) is 25.5 Å². The Labute approximate surface area is 242 Å². The highest BCUT2D eigenvalue weighted by atomic mass is 16.6. The maximum atomic E-state index is 14.3. The van der Waals surface area contributed by atoms with Gasteiger partial charge in [-0.15, -0.1) is 0 Å². The van der Waals surface area contributed by atoms with E-state index in [4.69, 9.17) is 9.72 Å². The van der Waals surface area contributed by atoms with Crippen LogP contribution < -0.4 is 16.2 Å². The van der Waals surface area contributed by atoms with Gasteiger partial charge in [-0.25, -0.2) is 9.78 Å². The van der Waals surface area contributed by atoms with E-state index in [0.717, 1.165) is 81.3 Å². The first-order valence-electron chi connectivity index (χ1n) is 15.1. The monoisotopic (exact) mass is 563 g/mol. The number of amides is 1. The molecule has 1 unspecified atom stereocenters. The number of fused-ring (bicyclic) bond motifs is 3. The van der Waals surface area contributed by atoms with Crippen molar-refractivity contribution in [2.45, 2.75) is 84.0 Å². The van der Waals surface area contributed by atoms with E-state index in [1.165, 1.54) is 0 Å². The smallest absolute Gasteiger partial charge is 0.407 e. The third kappa shape index (κ3) is 6.98. The lowest BCUT2D eigenvalue weighted by Crippen LogP contribution is -2.43. The van der Waals surface area contributed by atoms with Crippen LogP contribution in [-0.2, 0) is 11.3 Å². The fraction of sp³-hybridized carbons (Fsp3) is 0.613. The fourth-order valence-electron chi connectivity index (χ4n) is 5.94. The second-order valence-electron chi connectivity index (χ2n) is 12.7. The molecular weight excluding hydrogens is 518 g/mol. The van der Waals surface area contributed by atoms with E-state index in [0.29, 0.717) is 23.4 Å². The summed E-state index contributed by atoms with van der Waals surface area (Å²) >= 11 is 0. The van der Waals surface area contributed by atoms with Gasteiger partial charge < -0.3 is 20.3 Å². The summed E-state index contributed by atoms with van der Waals surface area (Å²) in [6.07, 6.45) is 5.70. The summed E-state index contributed by atoms with van der Waals surface area (Å²) in [5, 5.41) is 8.78. The zero-order valence-corrected chi connectivity index (χ0v) is 25.2. The van der Waals surface area contributed by atoms with E-state index < -0.39 is 11.7 Å². The molecule has 1 amide bonds. The molecule has 3 heterocycles. The molecule has 1 aliphatic carbocycles.